The number of hydrogen-bond acceptors (Lipinski definition) is 6. The molecular formula is C71H118O6. The summed E-state index contributed by atoms with van der Waals surface area (Å²) in [6.07, 6.45) is 89.2. The van der Waals surface area contributed by atoms with E-state index in [2.05, 4.69) is 142 Å². The van der Waals surface area contributed by atoms with Gasteiger partial charge >= 0.3 is 17.9 Å². The fourth-order valence-corrected chi connectivity index (χ4v) is 8.63. The van der Waals surface area contributed by atoms with Crippen LogP contribution in [0, 0.1) is 0 Å². The van der Waals surface area contributed by atoms with E-state index in [0.29, 0.717) is 19.3 Å². The van der Waals surface area contributed by atoms with Gasteiger partial charge in [0.1, 0.15) is 13.2 Å². The molecule has 6 heteroatoms. The van der Waals surface area contributed by atoms with E-state index in [4.69, 9.17) is 14.2 Å². The predicted octanol–water partition coefficient (Wildman–Crippen LogP) is 22.0. The third-order valence-corrected chi connectivity index (χ3v) is 13.4. The maximum atomic E-state index is 12.9. The molecule has 0 aliphatic heterocycles. The van der Waals surface area contributed by atoms with Gasteiger partial charge < -0.3 is 14.2 Å². The number of rotatable bonds is 57. The van der Waals surface area contributed by atoms with Gasteiger partial charge in [-0.2, -0.15) is 0 Å². The highest BCUT2D eigenvalue weighted by molar-refractivity contribution is 5.71. The predicted molar refractivity (Wildman–Crippen MR) is 334 cm³/mol. The maximum absolute atomic E-state index is 12.9. The van der Waals surface area contributed by atoms with Crippen molar-refractivity contribution in [3.8, 4) is 0 Å². The van der Waals surface area contributed by atoms with Gasteiger partial charge in [0.25, 0.3) is 0 Å². The quantitative estimate of drug-likeness (QED) is 0.0261. The monoisotopic (exact) mass is 1070 g/mol. The molecule has 6 nitrogen and oxygen atoms in total. The summed E-state index contributed by atoms with van der Waals surface area (Å²) in [6.45, 7) is 6.45. The van der Waals surface area contributed by atoms with E-state index >= 15 is 0 Å². The van der Waals surface area contributed by atoms with Crippen LogP contribution < -0.4 is 0 Å². The molecule has 0 fully saturated rings. The van der Waals surface area contributed by atoms with Crippen LogP contribution in [0.25, 0.3) is 0 Å². The zero-order valence-corrected chi connectivity index (χ0v) is 50.2. The van der Waals surface area contributed by atoms with Gasteiger partial charge in [0, 0.05) is 19.3 Å². The van der Waals surface area contributed by atoms with Crippen LogP contribution in [0.4, 0.5) is 0 Å². The van der Waals surface area contributed by atoms with E-state index in [9.17, 15) is 14.4 Å². The van der Waals surface area contributed by atoms with Gasteiger partial charge in [-0.15, -0.1) is 0 Å². The van der Waals surface area contributed by atoms with Gasteiger partial charge in [0.2, 0.25) is 0 Å². The van der Waals surface area contributed by atoms with Crippen molar-refractivity contribution in [2.45, 2.75) is 297 Å². The lowest BCUT2D eigenvalue weighted by Gasteiger charge is -2.18. The molecule has 77 heavy (non-hydrogen) atoms. The van der Waals surface area contributed by atoms with Crippen molar-refractivity contribution in [2.24, 2.45) is 0 Å². The lowest BCUT2D eigenvalue weighted by atomic mass is 10.1. The lowest BCUT2D eigenvalue weighted by Crippen LogP contribution is -2.30. The van der Waals surface area contributed by atoms with Crippen molar-refractivity contribution < 1.29 is 28.6 Å². The average Bonchev–Trinajstić information content (AvgIpc) is 3.43. The second-order valence-electron chi connectivity index (χ2n) is 20.9. The maximum Gasteiger partial charge on any atom is 0.306 e. The first-order valence-electron chi connectivity index (χ1n) is 32.0. The first-order valence-corrected chi connectivity index (χ1v) is 32.0. The summed E-state index contributed by atoms with van der Waals surface area (Å²) in [4.78, 5) is 38.3. The number of allylic oxidation sites excluding steroid dienone is 20. The van der Waals surface area contributed by atoms with Crippen LogP contribution in [0.3, 0.4) is 0 Å². The van der Waals surface area contributed by atoms with E-state index < -0.39 is 6.10 Å². The van der Waals surface area contributed by atoms with Gasteiger partial charge in [0.15, 0.2) is 6.10 Å². The summed E-state index contributed by atoms with van der Waals surface area (Å²) in [5.74, 6) is -0.974. The number of carbonyl (C=O) groups is 3. The normalized spacial score (nSPS) is 12.9. The molecule has 0 aromatic heterocycles. The number of carbonyl (C=O) groups excluding carboxylic acids is 3. The summed E-state index contributed by atoms with van der Waals surface area (Å²) in [5.41, 5.74) is 0. The van der Waals surface area contributed by atoms with Crippen LogP contribution in [0.1, 0.15) is 290 Å². The Morgan fingerprint density at radius 1 is 0.273 bits per heavy atom. The Morgan fingerprint density at radius 3 is 0.857 bits per heavy atom. The van der Waals surface area contributed by atoms with Crippen molar-refractivity contribution in [3.05, 3.63) is 122 Å². The molecule has 0 bridgehead atoms. The number of hydrogen-bond donors (Lipinski definition) is 0. The molecule has 0 N–H and O–H groups in total. The van der Waals surface area contributed by atoms with Crippen LogP contribution in [0.2, 0.25) is 0 Å². The number of unbranched alkanes of at least 4 members (excludes halogenated alkanes) is 26. The van der Waals surface area contributed by atoms with E-state index in [1.54, 1.807) is 0 Å². The van der Waals surface area contributed by atoms with E-state index in [0.717, 1.165) is 103 Å². The molecule has 0 saturated carbocycles. The van der Waals surface area contributed by atoms with Gasteiger partial charge in [-0.1, -0.05) is 264 Å². The Hall–Kier alpha value is -4.19. The molecule has 0 rings (SSSR count). The highest BCUT2D eigenvalue weighted by Gasteiger charge is 2.19. The third kappa shape index (κ3) is 62.5. The molecule has 0 spiro atoms. The number of ether oxygens (including phenoxy) is 3. The molecule has 0 heterocycles. The molecule has 0 aromatic carbocycles. The zero-order valence-electron chi connectivity index (χ0n) is 50.2. The molecule has 0 aliphatic carbocycles. The van der Waals surface area contributed by atoms with Crippen molar-refractivity contribution in [3.63, 3.8) is 0 Å². The molecule has 1 atom stereocenters. The molecular weight excluding hydrogens is 949 g/mol. The smallest absolute Gasteiger partial charge is 0.306 e. The van der Waals surface area contributed by atoms with Gasteiger partial charge in [-0.25, -0.2) is 0 Å². The van der Waals surface area contributed by atoms with E-state index in [-0.39, 0.29) is 37.5 Å². The van der Waals surface area contributed by atoms with Crippen molar-refractivity contribution in [2.75, 3.05) is 13.2 Å². The summed E-state index contributed by atoms with van der Waals surface area (Å²) in [5, 5.41) is 0. The van der Waals surface area contributed by atoms with Gasteiger partial charge in [0.05, 0.1) is 0 Å². The second kappa shape index (κ2) is 64.3. The largest absolute Gasteiger partial charge is 0.462 e. The fraction of sp³-hybridized carbons (Fsp3) is 0.676. The van der Waals surface area contributed by atoms with Crippen LogP contribution in [-0.2, 0) is 28.6 Å². The highest BCUT2D eigenvalue weighted by Crippen LogP contribution is 2.15. The van der Waals surface area contributed by atoms with Crippen LogP contribution in [-0.4, -0.2) is 37.2 Å². The van der Waals surface area contributed by atoms with Crippen molar-refractivity contribution >= 4 is 17.9 Å². The minimum absolute atomic E-state index is 0.107. The fourth-order valence-electron chi connectivity index (χ4n) is 8.63. The molecule has 0 aromatic rings. The molecule has 1 unspecified atom stereocenters. The molecule has 0 aliphatic rings. The van der Waals surface area contributed by atoms with Crippen molar-refractivity contribution in [1.29, 1.82) is 0 Å². The Morgan fingerprint density at radius 2 is 0.519 bits per heavy atom. The average molecular weight is 1070 g/mol. The third-order valence-electron chi connectivity index (χ3n) is 13.4. The topological polar surface area (TPSA) is 78.9 Å². The van der Waals surface area contributed by atoms with E-state index in [1.165, 1.54) is 141 Å². The second-order valence-corrected chi connectivity index (χ2v) is 20.9. The molecule has 0 saturated heterocycles. The minimum atomic E-state index is -0.818. The highest BCUT2D eigenvalue weighted by atomic mass is 16.6. The lowest BCUT2D eigenvalue weighted by molar-refractivity contribution is -0.167. The van der Waals surface area contributed by atoms with Crippen LogP contribution in [0.5, 0.6) is 0 Å². The minimum Gasteiger partial charge on any atom is -0.462 e. The van der Waals surface area contributed by atoms with Crippen LogP contribution in [0.15, 0.2) is 122 Å². The molecule has 0 amide bonds. The van der Waals surface area contributed by atoms with Gasteiger partial charge in [-0.05, 0) is 128 Å². The zero-order chi connectivity index (χ0) is 55.7. The first kappa shape index (κ1) is 72.8. The Balaban J connectivity index is 4.44. The first-order chi connectivity index (χ1) is 38.0. The number of esters is 3. The van der Waals surface area contributed by atoms with Crippen LogP contribution >= 0.6 is 0 Å². The summed E-state index contributed by atoms with van der Waals surface area (Å²) < 4.78 is 16.9. The van der Waals surface area contributed by atoms with Gasteiger partial charge in [-0.3, -0.25) is 14.4 Å². The summed E-state index contributed by atoms with van der Waals surface area (Å²) in [7, 11) is 0. The Bertz CT molecular complexity index is 1600. The molecule has 0 radical (unpaired) electrons. The summed E-state index contributed by atoms with van der Waals surface area (Å²) >= 11 is 0. The SMILES string of the molecule is CC/C=C\C/C=C\C/C=C\C/C=C\C/C=C\CCCC(=O)OC(COC(=O)CCCCCCCCC/C=C\C/C=C\CCCCC)COC(=O)CCCCCCCCCCCC/C=C\C/C=C\C/C=C\CCCCCCC. The summed E-state index contributed by atoms with van der Waals surface area (Å²) in [6, 6.07) is 0. The van der Waals surface area contributed by atoms with E-state index in [1.807, 2.05) is 0 Å². The standard InChI is InChI=1S/C71H118O6/c1-4-7-10-13-16-19-22-25-28-31-32-33-34-35-36-37-38-41-43-46-49-52-55-58-61-64-70(73)76-67-68(77-71(74)65-62-59-56-53-50-47-44-40-30-27-24-21-18-15-12-9-6-3)66-75-69(72)63-60-57-54-51-48-45-42-39-29-26-23-20-17-14-11-8-5-2/h9,12,17-18,20-22,25-27,29-32,34-35,44,47,53,56,68H,4-8,10-11,13-16,19,23-24,28,33,36-43,45-46,48-52,54-55,57-67H2,1-3H3/b12-9-,20-17-,21-18-,25-22-,29-26-,30-27-,32-31-,35-34-,47-44-,56-53-. The molecule has 438 valence electrons. The Labute approximate surface area is 475 Å². The van der Waals surface area contributed by atoms with Crippen molar-refractivity contribution in [1.82, 2.24) is 0 Å². The Kier molecular flexibility index (Phi) is 60.8.